The molecule has 9 nitrogen and oxygen atoms in total. The maximum atomic E-state index is 13.3. The number of urea groups is 1. The van der Waals surface area contributed by atoms with E-state index >= 15 is 0 Å². The van der Waals surface area contributed by atoms with Crippen molar-refractivity contribution < 1.29 is 23.5 Å². The molecule has 3 heterocycles. The number of amides is 3. The molecule has 3 amide bonds. The number of furan rings is 1. The number of carbonyl (C=O) groups is 3. The zero-order chi connectivity index (χ0) is 26.7. The van der Waals surface area contributed by atoms with Gasteiger partial charge >= 0.3 is 12.0 Å². The number of rotatable bonds is 7. The minimum Gasteiger partial charge on any atom is -0.463 e. The first kappa shape index (κ1) is 27.0. The smallest absolute Gasteiger partial charge is 0.338 e. The summed E-state index contributed by atoms with van der Waals surface area (Å²) in [6.07, 6.45) is 1.48. The van der Waals surface area contributed by atoms with Gasteiger partial charge in [-0.05, 0) is 44.5 Å². The summed E-state index contributed by atoms with van der Waals surface area (Å²) in [4.78, 5) is 44.8. The van der Waals surface area contributed by atoms with Gasteiger partial charge in [-0.1, -0.05) is 35.3 Å². The minimum atomic E-state index is -0.824. The molecule has 1 aromatic carbocycles. The molecule has 0 aliphatic carbocycles. The maximum Gasteiger partial charge on any atom is 0.338 e. The first-order valence-corrected chi connectivity index (χ1v) is 13.0. The van der Waals surface area contributed by atoms with E-state index in [4.69, 9.17) is 32.4 Å². The fourth-order valence-corrected chi connectivity index (χ4v) is 5.28. The summed E-state index contributed by atoms with van der Waals surface area (Å²) >= 11 is 12.8. The molecule has 37 heavy (non-hydrogen) atoms. The van der Waals surface area contributed by atoms with E-state index in [9.17, 15) is 14.4 Å². The van der Waals surface area contributed by atoms with Crippen molar-refractivity contribution in [3.8, 4) is 0 Å². The zero-order valence-electron chi connectivity index (χ0n) is 21.0. The summed E-state index contributed by atoms with van der Waals surface area (Å²) in [5, 5.41) is 3.49. The maximum absolute atomic E-state index is 13.3. The van der Waals surface area contributed by atoms with Gasteiger partial charge in [-0.2, -0.15) is 0 Å². The molecule has 2 atom stereocenters. The second-order valence-electron chi connectivity index (χ2n) is 8.91. The Morgan fingerprint density at radius 3 is 2.59 bits per heavy atom. The number of nitrogens with zero attached hydrogens (tertiary/aromatic N) is 3. The average Bonchev–Trinajstić information content (AvgIpc) is 3.40. The number of hydrogen-bond acceptors (Lipinski definition) is 6. The quantitative estimate of drug-likeness (QED) is 0.517. The van der Waals surface area contributed by atoms with Crippen molar-refractivity contribution in [2.45, 2.75) is 32.9 Å². The van der Waals surface area contributed by atoms with Crippen molar-refractivity contribution in [1.29, 1.82) is 0 Å². The molecule has 2 aliphatic heterocycles. The van der Waals surface area contributed by atoms with Gasteiger partial charge < -0.3 is 19.4 Å². The van der Waals surface area contributed by atoms with Gasteiger partial charge in [0, 0.05) is 44.5 Å². The van der Waals surface area contributed by atoms with Crippen LogP contribution in [0.3, 0.4) is 0 Å². The van der Waals surface area contributed by atoms with Crippen molar-refractivity contribution in [3.05, 3.63) is 69.2 Å². The van der Waals surface area contributed by atoms with E-state index in [1.165, 1.54) is 6.26 Å². The molecule has 0 spiro atoms. The van der Waals surface area contributed by atoms with Crippen molar-refractivity contribution in [2.24, 2.45) is 0 Å². The number of hydrogen-bond donors (Lipinski definition) is 1. The van der Waals surface area contributed by atoms with Gasteiger partial charge in [-0.15, -0.1) is 0 Å². The standard InChI is InChI=1S/C26H30Cl2N4O5/c1-4-31-19(15-30-11-12-32(16(3)14-30)24(33)20-10-7-13-37-20)21(25(34)36-5-2)23(29-26(31)35)17-8-6-9-18(27)22(17)28/h6-10,13,16,23H,4-5,11-12,14-15H2,1-3H3,(H,29,35)/t16-,23+/m1/s1. The van der Waals surface area contributed by atoms with Gasteiger partial charge in [0.2, 0.25) is 0 Å². The highest BCUT2D eigenvalue weighted by molar-refractivity contribution is 6.42. The Morgan fingerprint density at radius 2 is 1.95 bits per heavy atom. The summed E-state index contributed by atoms with van der Waals surface area (Å²) in [6, 6.07) is 7.17. The van der Waals surface area contributed by atoms with Crippen LogP contribution in [0.15, 0.2) is 52.3 Å². The third kappa shape index (κ3) is 5.49. The summed E-state index contributed by atoms with van der Waals surface area (Å²) in [5.74, 6) is -0.391. The van der Waals surface area contributed by atoms with Gasteiger partial charge in [0.25, 0.3) is 5.91 Å². The molecular formula is C26H30Cl2N4O5. The lowest BCUT2D eigenvalue weighted by atomic mass is 9.93. The lowest BCUT2D eigenvalue weighted by Crippen LogP contribution is -2.56. The normalized spacial score (nSPS) is 20.7. The number of halogens is 2. The fourth-order valence-electron chi connectivity index (χ4n) is 4.87. The number of likely N-dealkylation sites (N-methyl/N-ethyl adjacent to an activating group) is 1. The molecule has 0 radical (unpaired) electrons. The number of nitrogens with one attached hydrogen (secondary N) is 1. The molecule has 2 aliphatic rings. The lowest BCUT2D eigenvalue weighted by Gasteiger charge is -2.42. The third-order valence-electron chi connectivity index (χ3n) is 6.62. The topological polar surface area (TPSA) is 95.3 Å². The van der Waals surface area contributed by atoms with Gasteiger partial charge in [0.15, 0.2) is 5.76 Å². The Balaban J connectivity index is 1.67. The van der Waals surface area contributed by atoms with Crippen LogP contribution in [0, 0.1) is 0 Å². The second kappa shape index (κ2) is 11.6. The Labute approximate surface area is 225 Å². The summed E-state index contributed by atoms with van der Waals surface area (Å²) in [7, 11) is 0. The SMILES string of the molecule is CCOC(=O)C1=C(CN2CCN(C(=O)c3ccco3)[C@H](C)C2)N(CC)C(=O)N[C@H]1c1cccc(Cl)c1Cl. The van der Waals surface area contributed by atoms with E-state index in [1.54, 1.807) is 47.1 Å². The first-order valence-electron chi connectivity index (χ1n) is 12.3. The highest BCUT2D eigenvalue weighted by Gasteiger charge is 2.40. The van der Waals surface area contributed by atoms with Crippen molar-refractivity contribution in [1.82, 2.24) is 20.0 Å². The van der Waals surface area contributed by atoms with Crippen LogP contribution in [-0.2, 0) is 9.53 Å². The highest BCUT2D eigenvalue weighted by atomic mass is 35.5. The van der Waals surface area contributed by atoms with Crippen LogP contribution in [0.2, 0.25) is 10.0 Å². The second-order valence-corrected chi connectivity index (χ2v) is 9.70. The van der Waals surface area contributed by atoms with E-state index in [0.29, 0.717) is 60.3 Å². The van der Waals surface area contributed by atoms with Crippen LogP contribution in [0.4, 0.5) is 4.79 Å². The fraction of sp³-hybridized carbons (Fsp3) is 0.423. The molecule has 1 N–H and O–H groups in total. The Morgan fingerprint density at radius 1 is 1.16 bits per heavy atom. The average molecular weight is 549 g/mol. The van der Waals surface area contributed by atoms with Gasteiger partial charge in [-0.3, -0.25) is 14.6 Å². The Bertz CT molecular complexity index is 1200. The minimum absolute atomic E-state index is 0.108. The lowest BCUT2D eigenvalue weighted by molar-refractivity contribution is -0.139. The van der Waals surface area contributed by atoms with Gasteiger partial charge in [0.1, 0.15) is 0 Å². The van der Waals surface area contributed by atoms with Crippen LogP contribution in [0.25, 0.3) is 0 Å². The van der Waals surface area contributed by atoms with Gasteiger partial charge in [0.05, 0.1) is 34.5 Å². The Kier molecular flexibility index (Phi) is 8.46. The molecule has 0 unspecified atom stereocenters. The van der Waals surface area contributed by atoms with Crippen molar-refractivity contribution >= 4 is 41.1 Å². The van der Waals surface area contributed by atoms with E-state index in [2.05, 4.69) is 10.2 Å². The van der Waals surface area contributed by atoms with E-state index in [0.717, 1.165) is 0 Å². The summed E-state index contributed by atoms with van der Waals surface area (Å²) in [6.45, 7) is 7.97. The molecule has 0 saturated carbocycles. The predicted octanol–water partition coefficient (Wildman–Crippen LogP) is 4.34. The summed E-state index contributed by atoms with van der Waals surface area (Å²) < 4.78 is 10.7. The molecule has 11 heteroatoms. The van der Waals surface area contributed by atoms with Crippen molar-refractivity contribution in [2.75, 3.05) is 39.3 Å². The molecule has 1 saturated heterocycles. The number of carbonyl (C=O) groups excluding carboxylic acids is 3. The number of ether oxygens (including phenoxy) is 1. The molecule has 4 rings (SSSR count). The van der Waals surface area contributed by atoms with E-state index < -0.39 is 12.0 Å². The zero-order valence-corrected chi connectivity index (χ0v) is 22.5. The van der Waals surface area contributed by atoms with Crippen LogP contribution in [-0.4, -0.2) is 78.0 Å². The predicted molar refractivity (Wildman–Crippen MR) is 139 cm³/mol. The van der Waals surface area contributed by atoms with Gasteiger partial charge in [-0.25, -0.2) is 9.59 Å². The highest BCUT2D eigenvalue weighted by Crippen LogP contribution is 2.38. The van der Waals surface area contributed by atoms with E-state index in [-0.39, 0.29) is 29.6 Å². The van der Waals surface area contributed by atoms with Crippen LogP contribution in [0.5, 0.6) is 0 Å². The first-order chi connectivity index (χ1) is 17.8. The number of benzene rings is 1. The number of piperazine rings is 1. The summed E-state index contributed by atoms with van der Waals surface area (Å²) in [5.41, 5.74) is 1.37. The Hall–Kier alpha value is -3.01. The van der Waals surface area contributed by atoms with Crippen LogP contribution < -0.4 is 5.32 Å². The largest absolute Gasteiger partial charge is 0.463 e. The molecular weight excluding hydrogens is 519 g/mol. The molecule has 2 aromatic rings. The molecule has 1 aromatic heterocycles. The molecule has 198 valence electrons. The van der Waals surface area contributed by atoms with Crippen molar-refractivity contribution in [3.63, 3.8) is 0 Å². The monoisotopic (exact) mass is 548 g/mol. The molecule has 1 fully saturated rings. The molecule has 0 bridgehead atoms. The number of esters is 1. The van der Waals surface area contributed by atoms with Crippen LogP contribution in [0.1, 0.15) is 42.9 Å². The third-order valence-corrected chi connectivity index (χ3v) is 7.45. The van der Waals surface area contributed by atoms with Crippen LogP contribution >= 0.6 is 23.2 Å². The van der Waals surface area contributed by atoms with E-state index in [1.807, 2.05) is 13.8 Å².